The average Bonchev–Trinajstić information content (AvgIpc) is 3.26. The number of carbonyl (C=O) groups excluding carboxylic acids is 1. The lowest BCUT2D eigenvalue weighted by Crippen LogP contribution is -2.37. The van der Waals surface area contributed by atoms with Crippen LogP contribution >= 0.6 is 0 Å². The molecule has 0 fully saturated rings. The summed E-state index contributed by atoms with van der Waals surface area (Å²) in [4.78, 5) is 25.9. The van der Waals surface area contributed by atoms with Crippen LogP contribution in [0.25, 0.3) is 22.3 Å². The van der Waals surface area contributed by atoms with Crippen molar-refractivity contribution in [3.05, 3.63) is 72.9 Å². The first-order valence-corrected chi connectivity index (χ1v) is 8.94. The van der Waals surface area contributed by atoms with Crippen molar-refractivity contribution in [2.75, 3.05) is 5.32 Å². The topological polar surface area (TPSA) is 92.9 Å². The van der Waals surface area contributed by atoms with Crippen molar-refractivity contribution in [1.29, 1.82) is 0 Å². The molecule has 0 aliphatic rings. The van der Waals surface area contributed by atoms with Gasteiger partial charge in [-0.1, -0.05) is 12.1 Å². The molecule has 4 rings (SSSR count). The Morgan fingerprint density at radius 2 is 2.00 bits per heavy atom. The number of amides is 1. The minimum absolute atomic E-state index is 0.151. The van der Waals surface area contributed by atoms with E-state index in [1.807, 2.05) is 42.5 Å². The second-order valence-corrected chi connectivity index (χ2v) is 6.32. The highest BCUT2D eigenvalue weighted by molar-refractivity contribution is 5.93. The third-order valence-electron chi connectivity index (χ3n) is 4.29. The molecule has 0 radical (unpaired) electrons. The quantitative estimate of drug-likeness (QED) is 0.538. The smallest absolute Gasteiger partial charge is 0.242 e. The van der Waals surface area contributed by atoms with Gasteiger partial charge in [0.2, 0.25) is 5.91 Å². The third kappa shape index (κ3) is 3.83. The number of rotatable bonds is 6. The van der Waals surface area contributed by atoms with E-state index >= 15 is 0 Å². The van der Waals surface area contributed by atoms with E-state index in [2.05, 4.69) is 25.6 Å². The van der Waals surface area contributed by atoms with Gasteiger partial charge in [-0.05, 0) is 43.3 Å². The number of benzene rings is 1. The Labute approximate surface area is 161 Å². The van der Waals surface area contributed by atoms with E-state index in [1.54, 1.807) is 31.6 Å². The number of nitrogens with one attached hydrogen (secondary N) is 2. The van der Waals surface area contributed by atoms with Crippen LogP contribution in [0.1, 0.15) is 12.7 Å². The molecule has 4 aromatic rings. The predicted octanol–water partition coefficient (Wildman–Crippen LogP) is 3.40. The number of anilines is 1. The van der Waals surface area contributed by atoms with E-state index < -0.39 is 6.04 Å². The van der Waals surface area contributed by atoms with E-state index in [9.17, 15) is 4.79 Å². The standard InChI is InChI=1S/C21H19N5O2/c1-14(21(27)23-13-16-7-5-11-28-16)24-20-17-8-2-3-9-18(17)25-19(26-20)15-6-4-10-22-12-15/h2-12,14H,13H2,1H3,(H,23,27)(H,24,25,26). The molecule has 3 heterocycles. The normalized spacial score (nSPS) is 11.9. The number of fused-ring (bicyclic) bond motifs is 1. The Morgan fingerprint density at radius 1 is 1.11 bits per heavy atom. The summed E-state index contributed by atoms with van der Waals surface area (Å²) in [7, 11) is 0. The summed E-state index contributed by atoms with van der Waals surface area (Å²) in [5.74, 6) is 1.71. The molecule has 1 atom stereocenters. The van der Waals surface area contributed by atoms with E-state index in [-0.39, 0.29) is 5.91 Å². The number of furan rings is 1. The van der Waals surface area contributed by atoms with Crippen LogP contribution in [0.4, 0.5) is 5.82 Å². The highest BCUT2D eigenvalue weighted by atomic mass is 16.3. The molecular weight excluding hydrogens is 354 g/mol. The molecule has 0 saturated carbocycles. The summed E-state index contributed by atoms with van der Waals surface area (Å²) in [5, 5.41) is 6.91. The molecule has 2 N–H and O–H groups in total. The maximum atomic E-state index is 12.5. The van der Waals surface area contributed by atoms with Crippen molar-refractivity contribution < 1.29 is 9.21 Å². The number of hydrogen-bond acceptors (Lipinski definition) is 6. The van der Waals surface area contributed by atoms with Gasteiger partial charge in [0.25, 0.3) is 0 Å². The summed E-state index contributed by atoms with van der Waals surface area (Å²) in [6, 6.07) is 14.5. The lowest BCUT2D eigenvalue weighted by molar-refractivity contribution is -0.121. The molecule has 0 aliphatic carbocycles. The van der Waals surface area contributed by atoms with Gasteiger partial charge >= 0.3 is 0 Å². The van der Waals surface area contributed by atoms with Gasteiger partial charge in [-0.2, -0.15) is 0 Å². The summed E-state index contributed by atoms with van der Waals surface area (Å²) >= 11 is 0. The van der Waals surface area contributed by atoms with Crippen LogP contribution in [-0.2, 0) is 11.3 Å². The maximum absolute atomic E-state index is 12.5. The minimum atomic E-state index is -0.491. The van der Waals surface area contributed by atoms with Crippen LogP contribution < -0.4 is 10.6 Å². The fourth-order valence-electron chi connectivity index (χ4n) is 2.82. The summed E-state index contributed by atoms with van der Waals surface area (Å²) in [5.41, 5.74) is 1.60. The van der Waals surface area contributed by atoms with Crippen molar-refractivity contribution in [2.45, 2.75) is 19.5 Å². The molecule has 0 saturated heterocycles. The maximum Gasteiger partial charge on any atom is 0.242 e. The molecule has 28 heavy (non-hydrogen) atoms. The van der Waals surface area contributed by atoms with Gasteiger partial charge in [-0.3, -0.25) is 9.78 Å². The largest absolute Gasteiger partial charge is 0.467 e. The predicted molar refractivity (Wildman–Crippen MR) is 106 cm³/mol. The van der Waals surface area contributed by atoms with E-state index in [1.165, 1.54) is 0 Å². The van der Waals surface area contributed by atoms with Crippen molar-refractivity contribution in [1.82, 2.24) is 20.3 Å². The van der Waals surface area contributed by atoms with Gasteiger partial charge in [0.1, 0.15) is 17.6 Å². The first kappa shape index (κ1) is 17.7. The Balaban J connectivity index is 1.59. The van der Waals surface area contributed by atoms with Gasteiger partial charge in [0.15, 0.2) is 5.82 Å². The zero-order chi connectivity index (χ0) is 19.3. The third-order valence-corrected chi connectivity index (χ3v) is 4.29. The second-order valence-electron chi connectivity index (χ2n) is 6.32. The molecule has 0 aliphatic heterocycles. The molecule has 0 spiro atoms. The molecule has 140 valence electrons. The number of para-hydroxylation sites is 1. The first-order valence-electron chi connectivity index (χ1n) is 8.94. The molecular formula is C21H19N5O2. The highest BCUT2D eigenvalue weighted by Crippen LogP contribution is 2.25. The van der Waals surface area contributed by atoms with Crippen LogP contribution in [0, 0.1) is 0 Å². The van der Waals surface area contributed by atoms with E-state index in [0.29, 0.717) is 23.9 Å². The average molecular weight is 373 g/mol. The number of carbonyl (C=O) groups is 1. The SMILES string of the molecule is CC(Nc1nc(-c2cccnc2)nc2ccccc12)C(=O)NCc1ccco1. The summed E-state index contributed by atoms with van der Waals surface area (Å²) in [6.07, 6.45) is 5.00. The fraction of sp³-hybridized carbons (Fsp3) is 0.143. The number of nitrogens with zero attached hydrogens (tertiary/aromatic N) is 3. The Bertz CT molecular complexity index is 1080. The van der Waals surface area contributed by atoms with Gasteiger partial charge in [0, 0.05) is 23.3 Å². The molecule has 0 bridgehead atoms. The zero-order valence-corrected chi connectivity index (χ0v) is 15.3. The fourth-order valence-corrected chi connectivity index (χ4v) is 2.82. The Morgan fingerprint density at radius 3 is 2.79 bits per heavy atom. The number of hydrogen-bond donors (Lipinski definition) is 2. The lowest BCUT2D eigenvalue weighted by atomic mass is 10.2. The van der Waals surface area contributed by atoms with Gasteiger partial charge in [-0.15, -0.1) is 0 Å². The van der Waals surface area contributed by atoms with Crippen LogP contribution in [-0.4, -0.2) is 26.9 Å². The molecule has 7 nitrogen and oxygen atoms in total. The monoisotopic (exact) mass is 373 g/mol. The van der Waals surface area contributed by atoms with Crippen molar-refractivity contribution in [2.24, 2.45) is 0 Å². The zero-order valence-electron chi connectivity index (χ0n) is 15.3. The van der Waals surface area contributed by atoms with Gasteiger partial charge < -0.3 is 15.1 Å². The molecule has 1 amide bonds. The van der Waals surface area contributed by atoms with Crippen molar-refractivity contribution >= 4 is 22.6 Å². The summed E-state index contributed by atoms with van der Waals surface area (Å²) < 4.78 is 5.24. The van der Waals surface area contributed by atoms with Crippen LogP contribution in [0.15, 0.2) is 71.6 Å². The Hall–Kier alpha value is -3.74. The minimum Gasteiger partial charge on any atom is -0.467 e. The number of aromatic nitrogens is 3. The van der Waals surface area contributed by atoms with Crippen LogP contribution in [0.2, 0.25) is 0 Å². The van der Waals surface area contributed by atoms with Crippen LogP contribution in [0.5, 0.6) is 0 Å². The number of pyridine rings is 1. The molecule has 1 aromatic carbocycles. The van der Waals surface area contributed by atoms with Crippen LogP contribution in [0.3, 0.4) is 0 Å². The van der Waals surface area contributed by atoms with Gasteiger partial charge in [0.05, 0.1) is 18.3 Å². The lowest BCUT2D eigenvalue weighted by Gasteiger charge is -2.16. The summed E-state index contributed by atoms with van der Waals surface area (Å²) in [6.45, 7) is 2.13. The van der Waals surface area contributed by atoms with Crippen molar-refractivity contribution in [3.63, 3.8) is 0 Å². The Kier molecular flexibility index (Phi) is 4.97. The second kappa shape index (κ2) is 7.87. The highest BCUT2D eigenvalue weighted by Gasteiger charge is 2.16. The molecule has 7 heteroatoms. The first-order chi connectivity index (χ1) is 13.7. The van der Waals surface area contributed by atoms with E-state index in [4.69, 9.17) is 4.42 Å². The van der Waals surface area contributed by atoms with Gasteiger partial charge in [-0.25, -0.2) is 9.97 Å². The molecule has 3 aromatic heterocycles. The van der Waals surface area contributed by atoms with E-state index in [0.717, 1.165) is 16.5 Å². The molecule has 1 unspecified atom stereocenters. The van der Waals surface area contributed by atoms with Crippen molar-refractivity contribution in [3.8, 4) is 11.4 Å².